The predicted molar refractivity (Wildman–Crippen MR) is 88.9 cm³/mol. The van der Waals surface area contributed by atoms with Crippen molar-refractivity contribution >= 4 is 27.5 Å². The van der Waals surface area contributed by atoms with Gasteiger partial charge >= 0.3 is 0 Å². The minimum atomic E-state index is 0.392. The first-order chi connectivity index (χ1) is 9.95. The lowest BCUT2D eigenvalue weighted by Crippen LogP contribution is -2.21. The third-order valence-electron chi connectivity index (χ3n) is 3.01. The van der Waals surface area contributed by atoms with Gasteiger partial charge in [-0.3, -0.25) is 0 Å². The van der Waals surface area contributed by atoms with Crippen LogP contribution in [0.5, 0.6) is 5.75 Å². The summed E-state index contributed by atoms with van der Waals surface area (Å²) in [6.45, 7) is 7.39. The minimum Gasteiger partial charge on any atom is -0.484 e. The summed E-state index contributed by atoms with van der Waals surface area (Å²) in [5.74, 6) is 2.52. The highest BCUT2D eigenvalue weighted by molar-refractivity contribution is 9.10. The quantitative estimate of drug-likeness (QED) is 0.767. The fourth-order valence-electron chi connectivity index (χ4n) is 1.87. The highest BCUT2D eigenvalue weighted by Crippen LogP contribution is 2.29. The monoisotopic (exact) mass is 371 g/mol. The summed E-state index contributed by atoms with van der Waals surface area (Å²) >= 11 is 9.34. The van der Waals surface area contributed by atoms with Crippen LogP contribution in [0.3, 0.4) is 0 Å². The zero-order chi connectivity index (χ0) is 15.4. The molecule has 0 bridgehead atoms. The number of aryl methyl sites for hydroxylation is 1. The van der Waals surface area contributed by atoms with E-state index in [1.807, 2.05) is 25.1 Å². The van der Waals surface area contributed by atoms with E-state index in [2.05, 4.69) is 35.1 Å². The molecule has 2 rings (SSSR count). The average molecular weight is 373 g/mol. The topological polar surface area (TPSA) is 34.4 Å². The van der Waals surface area contributed by atoms with Crippen LogP contribution < -0.4 is 10.1 Å². The van der Waals surface area contributed by atoms with Crippen molar-refractivity contribution in [2.24, 2.45) is 0 Å². The van der Waals surface area contributed by atoms with Gasteiger partial charge in [-0.2, -0.15) is 0 Å². The highest BCUT2D eigenvalue weighted by Gasteiger charge is 2.09. The molecule has 0 fully saturated rings. The van der Waals surface area contributed by atoms with Gasteiger partial charge in [0.05, 0.1) is 11.0 Å². The Bertz CT molecular complexity index is 610. The van der Waals surface area contributed by atoms with Gasteiger partial charge in [0, 0.05) is 11.1 Å². The van der Waals surface area contributed by atoms with E-state index in [4.69, 9.17) is 20.8 Å². The Morgan fingerprint density at radius 1 is 1.33 bits per heavy atom. The highest BCUT2D eigenvalue weighted by atomic mass is 79.9. The number of furan rings is 1. The van der Waals surface area contributed by atoms with Crippen molar-refractivity contribution in [3.63, 3.8) is 0 Å². The van der Waals surface area contributed by atoms with Crippen molar-refractivity contribution in [2.45, 2.75) is 40.0 Å². The van der Waals surface area contributed by atoms with E-state index < -0.39 is 0 Å². The fourth-order valence-corrected chi connectivity index (χ4v) is 2.67. The molecule has 1 heterocycles. The molecule has 0 atom stereocenters. The first-order valence-corrected chi connectivity index (χ1v) is 8.02. The molecule has 1 aromatic heterocycles. The largest absolute Gasteiger partial charge is 0.484 e. The van der Waals surface area contributed by atoms with Crippen LogP contribution in [0, 0.1) is 6.92 Å². The standard InChI is InChI=1S/C16H19BrClNO2/c1-10(2)19-8-16-11(3)6-13(21-16)9-20-15-5-4-12(18)7-14(15)17/h4-7,10,19H,8-9H2,1-3H3. The van der Waals surface area contributed by atoms with Gasteiger partial charge in [-0.05, 0) is 52.7 Å². The fraction of sp³-hybridized carbons (Fsp3) is 0.375. The molecule has 0 amide bonds. The van der Waals surface area contributed by atoms with Crippen LogP contribution in [0.2, 0.25) is 5.02 Å². The van der Waals surface area contributed by atoms with Crippen molar-refractivity contribution in [2.75, 3.05) is 0 Å². The molecule has 0 saturated carbocycles. The smallest absolute Gasteiger partial charge is 0.146 e. The summed E-state index contributed by atoms with van der Waals surface area (Å²) in [7, 11) is 0. The SMILES string of the molecule is Cc1cc(COc2ccc(Cl)cc2Br)oc1CNC(C)C. The van der Waals surface area contributed by atoms with Crippen LogP contribution >= 0.6 is 27.5 Å². The predicted octanol–water partition coefficient (Wildman–Crippen LogP) is 5.08. The third kappa shape index (κ3) is 4.77. The number of benzene rings is 1. The number of rotatable bonds is 6. The Balaban J connectivity index is 1.98. The van der Waals surface area contributed by atoms with Gasteiger partial charge in [-0.1, -0.05) is 25.4 Å². The Morgan fingerprint density at radius 3 is 2.76 bits per heavy atom. The maximum Gasteiger partial charge on any atom is 0.146 e. The summed E-state index contributed by atoms with van der Waals surface area (Å²) in [5, 5.41) is 4.02. The molecule has 114 valence electrons. The number of halogens is 2. The first kappa shape index (κ1) is 16.4. The van der Waals surface area contributed by atoms with E-state index in [1.54, 1.807) is 6.07 Å². The normalized spacial score (nSPS) is 11.1. The van der Waals surface area contributed by atoms with Crippen LogP contribution in [0.15, 0.2) is 33.2 Å². The molecular formula is C16H19BrClNO2. The van der Waals surface area contributed by atoms with E-state index >= 15 is 0 Å². The Kier molecular flexibility index (Phi) is 5.73. The van der Waals surface area contributed by atoms with Crippen molar-refractivity contribution < 1.29 is 9.15 Å². The molecule has 0 aliphatic heterocycles. The van der Waals surface area contributed by atoms with E-state index in [-0.39, 0.29) is 0 Å². The lowest BCUT2D eigenvalue weighted by molar-refractivity contribution is 0.263. The second-order valence-corrected chi connectivity index (χ2v) is 6.51. The molecule has 0 aliphatic rings. The molecular weight excluding hydrogens is 354 g/mol. The molecule has 3 nitrogen and oxygen atoms in total. The van der Waals surface area contributed by atoms with Gasteiger partial charge < -0.3 is 14.5 Å². The third-order valence-corrected chi connectivity index (χ3v) is 3.86. The van der Waals surface area contributed by atoms with Crippen LogP contribution in [0.25, 0.3) is 0 Å². The Hall–Kier alpha value is -0.970. The molecule has 0 aliphatic carbocycles. The van der Waals surface area contributed by atoms with Gasteiger partial charge in [0.2, 0.25) is 0 Å². The van der Waals surface area contributed by atoms with E-state index in [0.29, 0.717) is 17.7 Å². The molecule has 0 saturated heterocycles. The van der Waals surface area contributed by atoms with Crippen molar-refractivity contribution in [1.82, 2.24) is 5.32 Å². The zero-order valence-corrected chi connectivity index (χ0v) is 14.7. The molecule has 1 aromatic carbocycles. The molecule has 0 unspecified atom stereocenters. The van der Waals surface area contributed by atoms with Gasteiger partial charge in [0.15, 0.2) is 0 Å². The Morgan fingerprint density at radius 2 is 2.10 bits per heavy atom. The minimum absolute atomic E-state index is 0.392. The molecule has 21 heavy (non-hydrogen) atoms. The molecule has 2 aromatic rings. The van der Waals surface area contributed by atoms with Crippen molar-refractivity contribution in [3.05, 3.63) is 50.8 Å². The van der Waals surface area contributed by atoms with Crippen LogP contribution in [-0.4, -0.2) is 6.04 Å². The molecule has 0 spiro atoms. The van der Waals surface area contributed by atoms with Crippen molar-refractivity contribution in [1.29, 1.82) is 0 Å². The van der Waals surface area contributed by atoms with Gasteiger partial charge in [-0.25, -0.2) is 0 Å². The summed E-state index contributed by atoms with van der Waals surface area (Å²) in [6.07, 6.45) is 0. The van der Waals surface area contributed by atoms with Crippen molar-refractivity contribution in [3.8, 4) is 5.75 Å². The first-order valence-electron chi connectivity index (χ1n) is 6.85. The van der Waals surface area contributed by atoms with Crippen LogP contribution in [-0.2, 0) is 13.2 Å². The summed E-state index contributed by atoms with van der Waals surface area (Å²) in [6, 6.07) is 7.89. The number of nitrogens with one attached hydrogen (secondary N) is 1. The lowest BCUT2D eigenvalue weighted by Gasteiger charge is -2.07. The maximum absolute atomic E-state index is 5.91. The van der Waals surface area contributed by atoms with E-state index in [9.17, 15) is 0 Å². The number of hydrogen-bond acceptors (Lipinski definition) is 3. The summed E-state index contributed by atoms with van der Waals surface area (Å²) < 4.78 is 12.4. The molecule has 5 heteroatoms. The maximum atomic E-state index is 5.91. The second-order valence-electron chi connectivity index (χ2n) is 5.22. The zero-order valence-electron chi connectivity index (χ0n) is 12.4. The summed E-state index contributed by atoms with van der Waals surface area (Å²) in [5.41, 5.74) is 1.14. The average Bonchev–Trinajstić information content (AvgIpc) is 2.76. The number of hydrogen-bond donors (Lipinski definition) is 1. The lowest BCUT2D eigenvalue weighted by atomic mass is 10.2. The van der Waals surface area contributed by atoms with E-state index in [0.717, 1.165) is 33.9 Å². The molecule has 1 N–H and O–H groups in total. The van der Waals surface area contributed by atoms with Gasteiger partial charge in [0.1, 0.15) is 23.9 Å². The number of ether oxygens (including phenoxy) is 1. The Labute approximate surface area is 138 Å². The van der Waals surface area contributed by atoms with Gasteiger partial charge in [0.25, 0.3) is 0 Å². The summed E-state index contributed by atoms with van der Waals surface area (Å²) in [4.78, 5) is 0. The van der Waals surface area contributed by atoms with E-state index in [1.165, 1.54) is 0 Å². The van der Waals surface area contributed by atoms with Gasteiger partial charge in [-0.15, -0.1) is 0 Å². The van der Waals surface area contributed by atoms with Crippen LogP contribution in [0.4, 0.5) is 0 Å². The molecule has 0 radical (unpaired) electrons. The second kappa shape index (κ2) is 7.34. The van der Waals surface area contributed by atoms with Crippen LogP contribution in [0.1, 0.15) is 30.9 Å².